The summed E-state index contributed by atoms with van der Waals surface area (Å²) in [4.78, 5) is 0. The molecule has 1 aromatic carbocycles. The van der Waals surface area contributed by atoms with Crippen LogP contribution in [0.25, 0.3) is 0 Å². The number of hydrogen-bond acceptors (Lipinski definition) is 3. The summed E-state index contributed by atoms with van der Waals surface area (Å²) in [5, 5.41) is 8.82. The van der Waals surface area contributed by atoms with Crippen LogP contribution in [0.3, 0.4) is 0 Å². The summed E-state index contributed by atoms with van der Waals surface area (Å²) in [6, 6.07) is 7.97. The number of benzene rings is 1. The standard InChI is InChI=1S/C13H20O3/c1-3-15-13(16-4-2)12-7-5-11(6-8-12)9-10-14/h5-8,13-14H,3-4,9-10H2,1-2H3. The summed E-state index contributed by atoms with van der Waals surface area (Å²) in [5.41, 5.74) is 2.14. The molecule has 0 amide bonds. The van der Waals surface area contributed by atoms with Gasteiger partial charge in [-0.2, -0.15) is 0 Å². The molecule has 3 heteroatoms. The number of hydrogen-bond donors (Lipinski definition) is 1. The van der Waals surface area contributed by atoms with Gasteiger partial charge in [0.1, 0.15) is 0 Å². The average Bonchev–Trinajstić information content (AvgIpc) is 2.30. The molecule has 0 fully saturated rings. The maximum Gasteiger partial charge on any atom is 0.183 e. The first-order chi connectivity index (χ1) is 7.81. The molecular formula is C13H20O3. The summed E-state index contributed by atoms with van der Waals surface area (Å²) < 4.78 is 11.0. The van der Waals surface area contributed by atoms with E-state index in [-0.39, 0.29) is 12.9 Å². The van der Waals surface area contributed by atoms with E-state index in [9.17, 15) is 0 Å². The van der Waals surface area contributed by atoms with Gasteiger partial charge in [-0.1, -0.05) is 24.3 Å². The molecule has 3 nitrogen and oxygen atoms in total. The van der Waals surface area contributed by atoms with Crippen molar-refractivity contribution in [3.63, 3.8) is 0 Å². The molecule has 1 rings (SSSR count). The highest BCUT2D eigenvalue weighted by atomic mass is 16.7. The smallest absolute Gasteiger partial charge is 0.183 e. The van der Waals surface area contributed by atoms with Gasteiger partial charge in [-0.15, -0.1) is 0 Å². The molecule has 0 aliphatic carbocycles. The highest BCUT2D eigenvalue weighted by molar-refractivity contribution is 5.23. The topological polar surface area (TPSA) is 38.7 Å². The molecule has 0 aliphatic heterocycles. The van der Waals surface area contributed by atoms with Crippen LogP contribution in [0.1, 0.15) is 31.3 Å². The first kappa shape index (κ1) is 13.2. The van der Waals surface area contributed by atoms with Crippen LogP contribution in [0.2, 0.25) is 0 Å². The van der Waals surface area contributed by atoms with Crippen molar-refractivity contribution in [2.45, 2.75) is 26.6 Å². The lowest BCUT2D eigenvalue weighted by atomic mass is 10.1. The summed E-state index contributed by atoms with van der Waals surface area (Å²) in [6.45, 7) is 5.34. The number of rotatable bonds is 7. The largest absolute Gasteiger partial charge is 0.396 e. The van der Waals surface area contributed by atoms with Crippen molar-refractivity contribution in [1.82, 2.24) is 0 Å². The Morgan fingerprint density at radius 1 is 1.06 bits per heavy atom. The van der Waals surface area contributed by atoms with E-state index in [4.69, 9.17) is 14.6 Å². The SMILES string of the molecule is CCOC(OCC)c1ccc(CCO)cc1. The number of aliphatic hydroxyl groups is 1. The van der Waals surface area contributed by atoms with Gasteiger partial charge < -0.3 is 14.6 Å². The van der Waals surface area contributed by atoms with E-state index in [2.05, 4.69) is 0 Å². The lowest BCUT2D eigenvalue weighted by Gasteiger charge is -2.17. The molecule has 90 valence electrons. The molecule has 0 aliphatic rings. The summed E-state index contributed by atoms with van der Waals surface area (Å²) >= 11 is 0. The molecule has 0 saturated carbocycles. The van der Waals surface area contributed by atoms with Crippen molar-refractivity contribution in [3.8, 4) is 0 Å². The quantitative estimate of drug-likeness (QED) is 0.722. The van der Waals surface area contributed by atoms with Gasteiger partial charge in [-0.25, -0.2) is 0 Å². The maximum absolute atomic E-state index is 8.82. The van der Waals surface area contributed by atoms with Crippen molar-refractivity contribution in [2.24, 2.45) is 0 Å². The zero-order chi connectivity index (χ0) is 11.8. The normalized spacial score (nSPS) is 11.0. The molecule has 0 aromatic heterocycles. The Kier molecular flexibility index (Phi) is 6.08. The van der Waals surface area contributed by atoms with Crippen LogP contribution in [0.4, 0.5) is 0 Å². The third-order valence-corrected chi connectivity index (χ3v) is 2.29. The van der Waals surface area contributed by atoms with Gasteiger partial charge in [-0.05, 0) is 25.8 Å². The van der Waals surface area contributed by atoms with E-state index in [1.165, 1.54) is 0 Å². The van der Waals surface area contributed by atoms with E-state index in [1.807, 2.05) is 38.1 Å². The average molecular weight is 224 g/mol. The van der Waals surface area contributed by atoms with Gasteiger partial charge in [0.2, 0.25) is 0 Å². The lowest BCUT2D eigenvalue weighted by molar-refractivity contribution is -0.140. The summed E-state index contributed by atoms with van der Waals surface area (Å²) in [5.74, 6) is 0. The fourth-order valence-corrected chi connectivity index (χ4v) is 1.51. The van der Waals surface area contributed by atoms with E-state index in [0.29, 0.717) is 19.6 Å². The molecule has 0 unspecified atom stereocenters. The zero-order valence-corrected chi connectivity index (χ0v) is 9.98. The predicted molar refractivity (Wildman–Crippen MR) is 63.2 cm³/mol. The summed E-state index contributed by atoms with van der Waals surface area (Å²) in [6.07, 6.45) is 0.409. The fourth-order valence-electron chi connectivity index (χ4n) is 1.51. The highest BCUT2D eigenvalue weighted by Crippen LogP contribution is 2.19. The second kappa shape index (κ2) is 7.39. The predicted octanol–water partition coefficient (Wildman–Crippen LogP) is 2.29. The zero-order valence-electron chi connectivity index (χ0n) is 9.98. The van der Waals surface area contributed by atoms with Crippen LogP contribution in [-0.4, -0.2) is 24.9 Å². The van der Waals surface area contributed by atoms with E-state index < -0.39 is 0 Å². The fraction of sp³-hybridized carbons (Fsp3) is 0.538. The lowest BCUT2D eigenvalue weighted by Crippen LogP contribution is -2.08. The Morgan fingerprint density at radius 2 is 1.62 bits per heavy atom. The Balaban J connectivity index is 2.68. The Hall–Kier alpha value is -0.900. The van der Waals surface area contributed by atoms with Crippen molar-refractivity contribution < 1.29 is 14.6 Å². The van der Waals surface area contributed by atoms with Crippen molar-refractivity contribution >= 4 is 0 Å². The molecule has 1 N–H and O–H groups in total. The van der Waals surface area contributed by atoms with Crippen LogP contribution >= 0.6 is 0 Å². The second-order valence-electron chi connectivity index (χ2n) is 3.46. The van der Waals surface area contributed by atoms with E-state index in [0.717, 1.165) is 11.1 Å². The van der Waals surface area contributed by atoms with Gasteiger partial charge in [0.05, 0.1) is 0 Å². The molecule has 0 bridgehead atoms. The molecule has 1 aromatic rings. The van der Waals surface area contributed by atoms with Gasteiger partial charge >= 0.3 is 0 Å². The van der Waals surface area contributed by atoms with Gasteiger partial charge in [0, 0.05) is 25.4 Å². The number of aliphatic hydroxyl groups excluding tert-OH is 1. The van der Waals surface area contributed by atoms with Gasteiger partial charge in [-0.3, -0.25) is 0 Å². The van der Waals surface area contributed by atoms with Crippen LogP contribution in [0, 0.1) is 0 Å². The molecule has 0 radical (unpaired) electrons. The first-order valence-corrected chi connectivity index (χ1v) is 5.74. The van der Waals surface area contributed by atoms with Crippen LogP contribution in [-0.2, 0) is 15.9 Å². The molecule has 0 heterocycles. The minimum absolute atomic E-state index is 0.180. The van der Waals surface area contributed by atoms with E-state index >= 15 is 0 Å². The van der Waals surface area contributed by atoms with Crippen LogP contribution in [0.15, 0.2) is 24.3 Å². The minimum Gasteiger partial charge on any atom is -0.396 e. The molecule has 0 saturated heterocycles. The van der Waals surface area contributed by atoms with Crippen molar-refractivity contribution in [1.29, 1.82) is 0 Å². The summed E-state index contributed by atoms with van der Waals surface area (Å²) in [7, 11) is 0. The molecule has 0 atom stereocenters. The maximum atomic E-state index is 8.82. The third kappa shape index (κ3) is 3.93. The third-order valence-electron chi connectivity index (χ3n) is 2.29. The Labute approximate surface area is 97.0 Å². The van der Waals surface area contributed by atoms with E-state index in [1.54, 1.807) is 0 Å². The monoisotopic (exact) mass is 224 g/mol. The van der Waals surface area contributed by atoms with Crippen molar-refractivity contribution in [3.05, 3.63) is 35.4 Å². The van der Waals surface area contributed by atoms with Crippen LogP contribution < -0.4 is 0 Å². The molecule has 16 heavy (non-hydrogen) atoms. The Bertz CT molecular complexity index is 276. The van der Waals surface area contributed by atoms with Gasteiger partial charge in [0.25, 0.3) is 0 Å². The van der Waals surface area contributed by atoms with Gasteiger partial charge in [0.15, 0.2) is 6.29 Å². The minimum atomic E-state index is -0.279. The molecule has 0 spiro atoms. The second-order valence-corrected chi connectivity index (χ2v) is 3.46. The van der Waals surface area contributed by atoms with Crippen LogP contribution in [0.5, 0.6) is 0 Å². The molecular weight excluding hydrogens is 204 g/mol. The number of ether oxygens (including phenoxy) is 2. The highest BCUT2D eigenvalue weighted by Gasteiger charge is 2.10. The Morgan fingerprint density at radius 3 is 2.06 bits per heavy atom. The first-order valence-electron chi connectivity index (χ1n) is 5.74. The van der Waals surface area contributed by atoms with Crippen molar-refractivity contribution in [2.75, 3.05) is 19.8 Å².